The van der Waals surface area contributed by atoms with E-state index in [1.54, 1.807) is 0 Å². The Balaban J connectivity index is 1.79. The number of aryl methyl sites for hydroxylation is 1. The Morgan fingerprint density at radius 2 is 1.16 bits per heavy atom. The maximum Gasteiger partial charge on any atom is 0.145 e. The molecule has 0 saturated carbocycles. The highest BCUT2D eigenvalue weighted by atomic mass is 31.2. The molecule has 0 spiro atoms. The van der Waals surface area contributed by atoms with Gasteiger partial charge in [0, 0.05) is 22.5 Å². The summed E-state index contributed by atoms with van der Waals surface area (Å²) >= 11 is 0. The fraction of sp³-hybridized carbons (Fsp3) is 0.143. The van der Waals surface area contributed by atoms with Crippen LogP contribution in [0.2, 0.25) is 0 Å². The van der Waals surface area contributed by atoms with Gasteiger partial charge in [-0.1, -0.05) is 116 Å². The molecule has 0 bridgehead atoms. The van der Waals surface area contributed by atoms with E-state index in [-0.39, 0.29) is 6.04 Å². The normalized spacial score (nSPS) is 12.3. The molecule has 0 aliphatic carbocycles. The second kappa shape index (κ2) is 9.81. The number of nitrogens with one attached hydrogen (secondary N) is 1. The van der Waals surface area contributed by atoms with E-state index >= 15 is 0 Å². The SMILES string of the molecule is CCc1ccccc1NC(CP(=O)(c1ccccc1)c1ccccc1)c1ccccc1. The van der Waals surface area contributed by atoms with Crippen molar-refractivity contribution in [3.63, 3.8) is 0 Å². The first-order valence-corrected chi connectivity index (χ1v) is 12.7. The van der Waals surface area contributed by atoms with Gasteiger partial charge in [-0.15, -0.1) is 0 Å². The van der Waals surface area contributed by atoms with Crippen LogP contribution >= 0.6 is 7.14 Å². The van der Waals surface area contributed by atoms with Gasteiger partial charge in [0.1, 0.15) is 7.14 Å². The monoisotopic (exact) mass is 425 g/mol. The van der Waals surface area contributed by atoms with Crippen molar-refractivity contribution in [2.24, 2.45) is 0 Å². The van der Waals surface area contributed by atoms with Crippen molar-refractivity contribution in [1.29, 1.82) is 0 Å². The summed E-state index contributed by atoms with van der Waals surface area (Å²) in [4.78, 5) is 0. The molecule has 0 heterocycles. The molecule has 0 saturated heterocycles. The Morgan fingerprint density at radius 1 is 0.677 bits per heavy atom. The van der Waals surface area contributed by atoms with Gasteiger partial charge in [-0.2, -0.15) is 0 Å². The molecular formula is C28H28NOP. The van der Waals surface area contributed by atoms with E-state index in [1.807, 2.05) is 78.9 Å². The van der Waals surface area contributed by atoms with E-state index in [9.17, 15) is 4.57 Å². The first kappa shape index (κ1) is 21.2. The van der Waals surface area contributed by atoms with Crippen molar-refractivity contribution in [2.45, 2.75) is 19.4 Å². The summed E-state index contributed by atoms with van der Waals surface area (Å²) in [5, 5.41) is 5.53. The van der Waals surface area contributed by atoms with E-state index in [2.05, 4.69) is 48.6 Å². The highest BCUT2D eigenvalue weighted by Crippen LogP contribution is 2.47. The fourth-order valence-electron chi connectivity index (χ4n) is 4.03. The minimum absolute atomic E-state index is 0.0832. The van der Waals surface area contributed by atoms with E-state index in [0.29, 0.717) is 6.16 Å². The van der Waals surface area contributed by atoms with Gasteiger partial charge < -0.3 is 9.88 Å². The molecule has 2 nitrogen and oxygen atoms in total. The quantitative estimate of drug-likeness (QED) is 0.330. The lowest BCUT2D eigenvalue weighted by Crippen LogP contribution is -2.25. The fourth-order valence-corrected chi connectivity index (χ4v) is 6.88. The minimum atomic E-state index is -2.87. The van der Waals surface area contributed by atoms with Crippen molar-refractivity contribution < 1.29 is 4.57 Å². The number of hydrogen-bond donors (Lipinski definition) is 1. The van der Waals surface area contributed by atoms with Crippen LogP contribution < -0.4 is 15.9 Å². The number of hydrogen-bond acceptors (Lipinski definition) is 2. The first-order valence-electron chi connectivity index (χ1n) is 10.8. The lowest BCUT2D eigenvalue weighted by atomic mass is 10.1. The van der Waals surface area contributed by atoms with Crippen LogP contribution in [0.25, 0.3) is 0 Å². The van der Waals surface area contributed by atoms with Gasteiger partial charge in [-0.05, 0) is 23.6 Å². The van der Waals surface area contributed by atoms with E-state index in [0.717, 1.165) is 28.3 Å². The Hall–Kier alpha value is -3.09. The lowest BCUT2D eigenvalue weighted by molar-refractivity contribution is 0.584. The van der Waals surface area contributed by atoms with Crippen LogP contribution in [-0.4, -0.2) is 6.16 Å². The minimum Gasteiger partial charge on any atom is -0.378 e. The third kappa shape index (κ3) is 4.81. The Bertz CT molecular complexity index is 1100. The molecule has 0 amide bonds. The molecule has 31 heavy (non-hydrogen) atoms. The van der Waals surface area contributed by atoms with E-state index < -0.39 is 7.14 Å². The first-order chi connectivity index (χ1) is 15.2. The number of rotatable bonds is 8. The van der Waals surface area contributed by atoms with Gasteiger partial charge in [-0.3, -0.25) is 0 Å². The van der Waals surface area contributed by atoms with Crippen LogP contribution in [0.5, 0.6) is 0 Å². The van der Waals surface area contributed by atoms with Gasteiger partial charge in [0.25, 0.3) is 0 Å². The number of benzene rings is 4. The third-order valence-corrected chi connectivity index (χ3v) is 8.86. The molecule has 4 rings (SSSR count). The summed E-state index contributed by atoms with van der Waals surface area (Å²) in [6.07, 6.45) is 1.45. The van der Waals surface area contributed by atoms with Crippen LogP contribution in [0.3, 0.4) is 0 Å². The van der Waals surface area contributed by atoms with E-state index in [1.165, 1.54) is 5.56 Å². The van der Waals surface area contributed by atoms with Crippen molar-refractivity contribution in [3.05, 3.63) is 126 Å². The smallest absolute Gasteiger partial charge is 0.145 e. The zero-order valence-corrected chi connectivity index (χ0v) is 18.7. The van der Waals surface area contributed by atoms with Gasteiger partial charge >= 0.3 is 0 Å². The Morgan fingerprint density at radius 3 is 1.71 bits per heavy atom. The molecule has 1 N–H and O–H groups in total. The molecule has 1 unspecified atom stereocenters. The molecule has 156 valence electrons. The molecule has 4 aromatic rings. The molecule has 0 radical (unpaired) electrons. The highest BCUT2D eigenvalue weighted by molar-refractivity contribution is 7.78. The summed E-state index contributed by atoms with van der Waals surface area (Å²) in [5.41, 5.74) is 3.50. The van der Waals surface area contributed by atoms with Crippen molar-refractivity contribution in [3.8, 4) is 0 Å². The maximum atomic E-state index is 14.7. The predicted molar refractivity (Wildman–Crippen MR) is 133 cm³/mol. The molecule has 0 fully saturated rings. The topological polar surface area (TPSA) is 29.1 Å². The van der Waals surface area contributed by atoms with E-state index in [4.69, 9.17) is 0 Å². The van der Waals surface area contributed by atoms with Crippen molar-refractivity contribution in [1.82, 2.24) is 0 Å². The second-order valence-corrected chi connectivity index (χ2v) is 10.6. The molecule has 0 aliphatic rings. The molecular weight excluding hydrogens is 397 g/mol. The van der Waals surface area contributed by atoms with Gasteiger partial charge in [0.2, 0.25) is 0 Å². The molecule has 3 heteroatoms. The maximum absolute atomic E-state index is 14.7. The zero-order chi connectivity index (χ0) is 21.5. The average Bonchev–Trinajstić information content (AvgIpc) is 2.85. The Labute approximate surface area is 185 Å². The van der Waals surface area contributed by atoms with Crippen LogP contribution in [0.15, 0.2) is 115 Å². The number of anilines is 1. The van der Waals surface area contributed by atoms with Gasteiger partial charge in [0.15, 0.2) is 0 Å². The van der Waals surface area contributed by atoms with Crippen LogP contribution in [0, 0.1) is 0 Å². The summed E-state index contributed by atoms with van der Waals surface area (Å²) in [5.74, 6) is 0. The molecule has 4 aromatic carbocycles. The molecule has 0 aliphatic heterocycles. The number of para-hydroxylation sites is 1. The summed E-state index contributed by atoms with van der Waals surface area (Å²) < 4.78 is 14.7. The van der Waals surface area contributed by atoms with Gasteiger partial charge in [-0.25, -0.2) is 0 Å². The van der Waals surface area contributed by atoms with Crippen LogP contribution in [0.4, 0.5) is 5.69 Å². The highest BCUT2D eigenvalue weighted by Gasteiger charge is 2.31. The zero-order valence-electron chi connectivity index (χ0n) is 17.8. The lowest BCUT2D eigenvalue weighted by Gasteiger charge is -2.28. The third-order valence-electron chi connectivity index (χ3n) is 5.72. The van der Waals surface area contributed by atoms with Crippen LogP contribution in [-0.2, 0) is 11.0 Å². The molecule has 0 aromatic heterocycles. The van der Waals surface area contributed by atoms with Gasteiger partial charge in [0.05, 0.1) is 6.04 Å². The average molecular weight is 426 g/mol. The largest absolute Gasteiger partial charge is 0.378 e. The van der Waals surface area contributed by atoms with Crippen LogP contribution in [0.1, 0.15) is 24.1 Å². The second-order valence-electron chi connectivity index (χ2n) is 7.71. The van der Waals surface area contributed by atoms with Crippen molar-refractivity contribution >= 4 is 23.4 Å². The summed E-state index contributed by atoms with van der Waals surface area (Å²) in [6.45, 7) is 2.16. The van der Waals surface area contributed by atoms with Crippen molar-refractivity contribution in [2.75, 3.05) is 11.5 Å². The summed E-state index contributed by atoms with van der Waals surface area (Å²) in [7, 11) is -2.87. The summed E-state index contributed by atoms with van der Waals surface area (Å²) in [6, 6.07) is 38.5. The molecule has 1 atom stereocenters. The Kier molecular flexibility index (Phi) is 6.70. The standard InChI is InChI=1S/C28H28NOP/c1-2-23-14-12-13-21-27(23)29-28(24-15-6-3-7-16-24)22-31(30,25-17-8-4-9-18-25)26-19-10-5-11-20-26/h3-21,28-29H,2,22H2,1H3. The predicted octanol–water partition coefficient (Wildman–Crippen LogP) is 6.42.